The van der Waals surface area contributed by atoms with Gasteiger partial charge in [-0.25, -0.2) is 0 Å². The quantitative estimate of drug-likeness (QED) is 0.641. The van der Waals surface area contributed by atoms with Crippen LogP contribution in [0.25, 0.3) is 0 Å². The van der Waals surface area contributed by atoms with Gasteiger partial charge >= 0.3 is 0 Å². The Labute approximate surface area is 145 Å². The molecule has 0 bridgehead atoms. The van der Waals surface area contributed by atoms with Crippen molar-refractivity contribution in [1.29, 1.82) is 0 Å². The molecule has 0 aliphatic heterocycles. The third-order valence-electron chi connectivity index (χ3n) is 3.25. The highest BCUT2D eigenvalue weighted by Gasteiger charge is 2.12. The number of rotatable bonds is 5. The van der Waals surface area contributed by atoms with Gasteiger partial charge in [-0.3, -0.25) is 0 Å². The minimum Gasteiger partial charge on any atom is -0.310 e. The Balaban J connectivity index is 2.00. The second kappa shape index (κ2) is 7.71. The Morgan fingerprint density at radius 2 is 1.57 bits per heavy atom. The van der Waals surface area contributed by atoms with E-state index in [9.17, 15) is 0 Å². The minimum atomic E-state index is 0.232. The summed E-state index contributed by atoms with van der Waals surface area (Å²) in [7, 11) is 0. The fourth-order valence-electron chi connectivity index (χ4n) is 2.07. The van der Waals surface area contributed by atoms with Gasteiger partial charge in [0.05, 0.1) is 10.0 Å². The van der Waals surface area contributed by atoms with Crippen LogP contribution in [0.15, 0.2) is 36.4 Å². The second-order valence-electron chi connectivity index (χ2n) is 4.90. The van der Waals surface area contributed by atoms with E-state index in [4.69, 9.17) is 46.4 Å². The molecule has 0 aromatic heterocycles. The van der Waals surface area contributed by atoms with E-state index in [0.29, 0.717) is 21.6 Å². The fourth-order valence-corrected chi connectivity index (χ4v) is 2.97. The molecule has 0 saturated carbocycles. The summed E-state index contributed by atoms with van der Waals surface area (Å²) >= 11 is 24.5. The molecule has 1 atom stereocenters. The summed E-state index contributed by atoms with van der Waals surface area (Å²) in [4.78, 5) is 0. The van der Waals surface area contributed by atoms with Gasteiger partial charge in [-0.05, 0) is 37.1 Å². The van der Waals surface area contributed by atoms with Gasteiger partial charge in [-0.1, -0.05) is 64.6 Å². The summed E-state index contributed by atoms with van der Waals surface area (Å²) in [5.74, 6) is 0. The van der Waals surface area contributed by atoms with Crippen LogP contribution in [0.4, 0.5) is 0 Å². The molecule has 0 aliphatic carbocycles. The van der Waals surface area contributed by atoms with Crippen molar-refractivity contribution in [2.24, 2.45) is 0 Å². The monoisotopic (exact) mass is 361 g/mol. The number of benzene rings is 2. The molecular weight excluding hydrogens is 348 g/mol. The Hall–Kier alpha value is -0.440. The molecule has 0 heterocycles. The van der Waals surface area contributed by atoms with Crippen LogP contribution in [0, 0.1) is 0 Å². The Kier molecular flexibility index (Phi) is 6.21. The summed E-state index contributed by atoms with van der Waals surface area (Å²) in [5.41, 5.74) is 1.93. The van der Waals surface area contributed by atoms with Crippen molar-refractivity contribution in [3.05, 3.63) is 67.6 Å². The average Bonchev–Trinajstić information content (AvgIpc) is 2.45. The van der Waals surface area contributed by atoms with Crippen LogP contribution < -0.4 is 5.32 Å². The summed E-state index contributed by atoms with van der Waals surface area (Å²) in [6.07, 6.45) is 0.829. The zero-order valence-corrected chi connectivity index (χ0v) is 14.5. The van der Waals surface area contributed by atoms with Gasteiger partial charge in [0.25, 0.3) is 0 Å². The first-order chi connectivity index (χ1) is 9.99. The Bertz CT molecular complexity index is 628. The van der Waals surface area contributed by atoms with Crippen molar-refractivity contribution in [2.45, 2.75) is 25.9 Å². The average molecular weight is 363 g/mol. The van der Waals surface area contributed by atoms with Crippen molar-refractivity contribution < 1.29 is 0 Å². The molecule has 2 aromatic rings. The highest BCUT2D eigenvalue weighted by molar-refractivity contribution is 6.44. The lowest BCUT2D eigenvalue weighted by Crippen LogP contribution is -2.28. The molecule has 1 N–H and O–H groups in total. The number of hydrogen-bond acceptors (Lipinski definition) is 1. The van der Waals surface area contributed by atoms with Crippen molar-refractivity contribution in [3.63, 3.8) is 0 Å². The summed E-state index contributed by atoms with van der Waals surface area (Å²) < 4.78 is 0. The topological polar surface area (TPSA) is 12.0 Å². The summed E-state index contributed by atoms with van der Waals surface area (Å²) in [5, 5.41) is 5.80. The zero-order valence-electron chi connectivity index (χ0n) is 11.5. The summed E-state index contributed by atoms with van der Waals surface area (Å²) in [6.45, 7) is 2.65. The van der Waals surface area contributed by atoms with Gasteiger partial charge in [0.15, 0.2) is 0 Å². The molecule has 0 aliphatic rings. The predicted molar refractivity (Wildman–Crippen MR) is 92.9 cm³/mol. The van der Waals surface area contributed by atoms with Crippen molar-refractivity contribution in [1.82, 2.24) is 5.32 Å². The maximum atomic E-state index is 6.19. The molecule has 0 saturated heterocycles. The van der Waals surface area contributed by atoms with Crippen LogP contribution in [0.2, 0.25) is 20.1 Å². The fraction of sp³-hybridized carbons (Fsp3) is 0.250. The minimum absolute atomic E-state index is 0.232. The van der Waals surface area contributed by atoms with Crippen molar-refractivity contribution >= 4 is 46.4 Å². The first-order valence-corrected chi connectivity index (χ1v) is 8.09. The standard InChI is InChI=1S/C16H15Cl4N/c1-10(8-11-4-2-3-5-13(11)17)21-9-12-14(18)6-7-15(19)16(12)20/h2-7,10,21H,8-9H2,1H3. The third-order valence-corrected chi connectivity index (χ3v) is 4.82. The molecular formula is C16H15Cl4N. The zero-order chi connectivity index (χ0) is 15.4. The molecule has 0 radical (unpaired) electrons. The molecule has 0 fully saturated rings. The van der Waals surface area contributed by atoms with Crippen molar-refractivity contribution in [3.8, 4) is 0 Å². The molecule has 5 heteroatoms. The molecule has 0 amide bonds. The van der Waals surface area contributed by atoms with Crippen LogP contribution in [0.5, 0.6) is 0 Å². The maximum absolute atomic E-state index is 6.19. The van der Waals surface area contributed by atoms with Gasteiger partial charge in [0.2, 0.25) is 0 Å². The first kappa shape index (κ1) is 16.9. The van der Waals surface area contributed by atoms with E-state index < -0.39 is 0 Å². The molecule has 2 rings (SSSR count). The van der Waals surface area contributed by atoms with Gasteiger partial charge in [-0.15, -0.1) is 0 Å². The Morgan fingerprint density at radius 1 is 0.905 bits per heavy atom. The van der Waals surface area contributed by atoms with Crippen LogP contribution in [-0.4, -0.2) is 6.04 Å². The molecule has 2 aromatic carbocycles. The smallest absolute Gasteiger partial charge is 0.0652 e. The molecule has 1 unspecified atom stereocenters. The van der Waals surface area contributed by atoms with E-state index in [2.05, 4.69) is 12.2 Å². The molecule has 1 nitrogen and oxygen atoms in total. The lowest BCUT2D eigenvalue weighted by Gasteiger charge is -2.16. The molecule has 0 spiro atoms. The van der Waals surface area contributed by atoms with Crippen molar-refractivity contribution in [2.75, 3.05) is 0 Å². The third kappa shape index (κ3) is 4.51. The lowest BCUT2D eigenvalue weighted by atomic mass is 10.1. The SMILES string of the molecule is CC(Cc1ccccc1Cl)NCc1c(Cl)ccc(Cl)c1Cl. The highest BCUT2D eigenvalue weighted by Crippen LogP contribution is 2.31. The van der Waals surface area contributed by atoms with E-state index in [1.165, 1.54) is 0 Å². The van der Waals surface area contributed by atoms with E-state index in [0.717, 1.165) is 22.6 Å². The number of hydrogen-bond donors (Lipinski definition) is 1. The molecule has 21 heavy (non-hydrogen) atoms. The van der Waals surface area contributed by atoms with E-state index in [-0.39, 0.29) is 6.04 Å². The number of nitrogens with one attached hydrogen (secondary N) is 1. The van der Waals surface area contributed by atoms with Crippen LogP contribution in [0.3, 0.4) is 0 Å². The Morgan fingerprint density at radius 3 is 2.29 bits per heavy atom. The van der Waals surface area contributed by atoms with Crippen LogP contribution >= 0.6 is 46.4 Å². The normalized spacial score (nSPS) is 12.4. The maximum Gasteiger partial charge on any atom is 0.0652 e. The first-order valence-electron chi connectivity index (χ1n) is 6.58. The van der Waals surface area contributed by atoms with Gasteiger partial charge in [-0.2, -0.15) is 0 Å². The lowest BCUT2D eigenvalue weighted by molar-refractivity contribution is 0.545. The largest absolute Gasteiger partial charge is 0.310 e. The van der Waals surface area contributed by atoms with Gasteiger partial charge in [0, 0.05) is 28.2 Å². The van der Waals surface area contributed by atoms with Crippen LogP contribution in [-0.2, 0) is 13.0 Å². The van der Waals surface area contributed by atoms with E-state index in [1.54, 1.807) is 12.1 Å². The second-order valence-corrected chi connectivity index (χ2v) is 6.50. The van der Waals surface area contributed by atoms with E-state index in [1.807, 2.05) is 24.3 Å². The van der Waals surface area contributed by atoms with Crippen LogP contribution in [0.1, 0.15) is 18.1 Å². The van der Waals surface area contributed by atoms with E-state index >= 15 is 0 Å². The van der Waals surface area contributed by atoms with Gasteiger partial charge in [0.1, 0.15) is 0 Å². The predicted octanol–water partition coefficient (Wildman–Crippen LogP) is 6.02. The van der Waals surface area contributed by atoms with Gasteiger partial charge < -0.3 is 5.32 Å². The molecule has 112 valence electrons. The summed E-state index contributed by atoms with van der Waals surface area (Å²) in [6, 6.07) is 11.5. The number of halogens is 4. The highest BCUT2D eigenvalue weighted by atomic mass is 35.5.